The molecule has 0 bridgehead atoms. The zero-order valence-corrected chi connectivity index (χ0v) is 26.3. The number of benzene rings is 1. The van der Waals surface area contributed by atoms with Crippen molar-refractivity contribution in [2.24, 2.45) is 5.92 Å². The van der Waals surface area contributed by atoms with Crippen molar-refractivity contribution < 1.29 is 9.18 Å². The Morgan fingerprint density at radius 3 is 2.60 bits per heavy atom. The quantitative estimate of drug-likeness (QED) is 0.212. The summed E-state index contributed by atoms with van der Waals surface area (Å²) < 4.78 is 19.1. The molecule has 6 rings (SSSR count). The largest absolute Gasteiger partial charge is 0.336 e. The molecule has 1 saturated heterocycles. The maximum atomic E-state index is 16.4. The summed E-state index contributed by atoms with van der Waals surface area (Å²) in [6.45, 7) is 15.4. The number of aromatic nitrogens is 6. The minimum Gasteiger partial charge on any atom is -0.336 e. The smallest absolute Gasteiger partial charge is 0.322 e. The fraction of sp³-hybridized carbons (Fsp3) is 0.353. The number of likely N-dealkylation sites (tertiary alicyclic amines) is 1. The molecule has 5 heterocycles. The molecule has 3 atom stereocenters. The van der Waals surface area contributed by atoms with Crippen LogP contribution in [-0.4, -0.2) is 52.7 Å². The molecule has 0 spiro atoms. The van der Waals surface area contributed by atoms with Crippen LogP contribution in [0.2, 0.25) is 0 Å². The maximum absolute atomic E-state index is 16.4. The van der Waals surface area contributed by atoms with E-state index in [0.29, 0.717) is 40.8 Å². The lowest BCUT2D eigenvalue weighted by molar-refractivity contribution is -0.131. The van der Waals surface area contributed by atoms with Crippen LogP contribution in [0.3, 0.4) is 0 Å². The summed E-state index contributed by atoms with van der Waals surface area (Å²) in [6, 6.07) is 6.09. The van der Waals surface area contributed by atoms with Gasteiger partial charge < -0.3 is 4.90 Å². The van der Waals surface area contributed by atoms with Crippen molar-refractivity contribution in [3.63, 3.8) is 0 Å². The van der Waals surface area contributed by atoms with Gasteiger partial charge in [-0.05, 0) is 68.4 Å². The number of piperidine rings is 1. The van der Waals surface area contributed by atoms with Gasteiger partial charge in [-0.3, -0.25) is 33.6 Å². The molecule has 0 radical (unpaired) electrons. The van der Waals surface area contributed by atoms with E-state index in [2.05, 4.69) is 21.8 Å². The molecule has 45 heavy (non-hydrogen) atoms. The van der Waals surface area contributed by atoms with Crippen LogP contribution in [0.5, 0.6) is 0 Å². The van der Waals surface area contributed by atoms with Crippen LogP contribution in [-0.2, 0) is 4.79 Å². The van der Waals surface area contributed by atoms with Gasteiger partial charge in [0, 0.05) is 41.8 Å². The fourth-order valence-corrected chi connectivity index (χ4v) is 6.76. The molecular weight excluding hydrogens is 573 g/mol. The molecule has 0 aliphatic carbocycles. The highest BCUT2D eigenvalue weighted by Gasteiger charge is 2.36. The van der Waals surface area contributed by atoms with Crippen molar-refractivity contribution in [1.82, 2.24) is 34.2 Å². The molecule has 5 aromatic rings. The zero-order chi connectivity index (χ0) is 32.3. The Morgan fingerprint density at radius 1 is 1.13 bits per heavy atom. The highest BCUT2D eigenvalue weighted by Crippen LogP contribution is 2.37. The van der Waals surface area contributed by atoms with Gasteiger partial charge in [0.05, 0.1) is 28.6 Å². The Hall–Kier alpha value is -4.93. The van der Waals surface area contributed by atoms with Gasteiger partial charge in [-0.15, -0.1) is 0 Å². The van der Waals surface area contributed by atoms with E-state index in [0.717, 1.165) is 11.1 Å². The Bertz CT molecular complexity index is 2130. The summed E-state index contributed by atoms with van der Waals surface area (Å²) in [5.74, 6) is -1.14. The molecule has 1 N–H and O–H groups in total. The van der Waals surface area contributed by atoms with E-state index in [4.69, 9.17) is 4.98 Å². The van der Waals surface area contributed by atoms with Crippen LogP contribution in [0.1, 0.15) is 62.9 Å². The molecule has 1 amide bonds. The highest BCUT2D eigenvalue weighted by atomic mass is 19.1. The normalized spacial score (nSPS) is 18.7. The Morgan fingerprint density at radius 2 is 1.89 bits per heavy atom. The van der Waals surface area contributed by atoms with E-state index >= 15 is 4.39 Å². The predicted octanol–water partition coefficient (Wildman–Crippen LogP) is 5.35. The van der Waals surface area contributed by atoms with Crippen molar-refractivity contribution in [3.8, 4) is 16.9 Å². The SMILES string of the molecule is C=CC(=O)N1C[C@@H](C)C(n2c(=O)c(=O)n(-c3c(C)ccnc3C(C)C)c3nc(-c4c(C)ccc5[nH]ncc45)c(F)cc32)C[C@H]1C. The number of rotatable bonds is 5. The lowest BCUT2D eigenvalue weighted by Gasteiger charge is -2.42. The van der Waals surface area contributed by atoms with E-state index in [1.807, 2.05) is 53.7 Å². The minimum atomic E-state index is -0.798. The van der Waals surface area contributed by atoms with E-state index in [9.17, 15) is 14.4 Å². The summed E-state index contributed by atoms with van der Waals surface area (Å²) in [6.07, 6.45) is 4.96. The fourth-order valence-electron chi connectivity index (χ4n) is 6.76. The Balaban J connectivity index is 1.72. The topological polar surface area (TPSA) is 119 Å². The van der Waals surface area contributed by atoms with Crippen LogP contribution in [0.15, 0.2) is 58.9 Å². The summed E-state index contributed by atoms with van der Waals surface area (Å²) in [5.41, 5.74) is 2.66. The number of aromatic amines is 1. The molecule has 4 aromatic heterocycles. The third kappa shape index (κ3) is 4.77. The van der Waals surface area contributed by atoms with Crippen molar-refractivity contribution in [1.29, 1.82) is 0 Å². The van der Waals surface area contributed by atoms with Gasteiger partial charge in [0.25, 0.3) is 0 Å². The average molecular weight is 610 g/mol. The van der Waals surface area contributed by atoms with E-state index < -0.39 is 23.0 Å². The molecule has 232 valence electrons. The number of H-pyrrole nitrogens is 1. The van der Waals surface area contributed by atoms with Gasteiger partial charge >= 0.3 is 11.1 Å². The van der Waals surface area contributed by atoms with Gasteiger partial charge in [-0.2, -0.15) is 5.10 Å². The zero-order valence-electron chi connectivity index (χ0n) is 26.3. The number of amides is 1. The van der Waals surface area contributed by atoms with Gasteiger partial charge in [0.15, 0.2) is 11.5 Å². The second kappa shape index (κ2) is 11.2. The number of carbonyl (C=O) groups excluding carboxylic acids is 1. The number of nitrogens with one attached hydrogen (secondary N) is 1. The van der Waals surface area contributed by atoms with Crippen LogP contribution < -0.4 is 11.1 Å². The Labute approximate surface area is 259 Å². The lowest BCUT2D eigenvalue weighted by atomic mass is 9.88. The summed E-state index contributed by atoms with van der Waals surface area (Å²) in [5, 5.41) is 7.76. The number of hydrogen-bond donors (Lipinski definition) is 1. The first-order valence-corrected chi connectivity index (χ1v) is 15.1. The van der Waals surface area contributed by atoms with Crippen LogP contribution in [0.25, 0.3) is 39.0 Å². The maximum Gasteiger partial charge on any atom is 0.322 e. The summed E-state index contributed by atoms with van der Waals surface area (Å²) in [4.78, 5) is 52.3. The molecular formula is C34H36FN7O3. The molecule has 1 aliphatic rings. The third-order valence-corrected chi connectivity index (χ3v) is 9.05. The van der Waals surface area contributed by atoms with E-state index in [-0.39, 0.29) is 40.6 Å². The van der Waals surface area contributed by atoms with Gasteiger partial charge in [-0.1, -0.05) is 33.4 Å². The molecule has 1 unspecified atom stereocenters. The monoisotopic (exact) mass is 609 g/mol. The van der Waals surface area contributed by atoms with Crippen molar-refractivity contribution >= 4 is 28.0 Å². The number of aryl methyl sites for hydroxylation is 2. The number of halogens is 1. The van der Waals surface area contributed by atoms with Crippen LogP contribution in [0, 0.1) is 25.6 Å². The van der Waals surface area contributed by atoms with Crippen molar-refractivity contribution in [3.05, 3.63) is 92.7 Å². The molecule has 0 saturated carbocycles. The Kier molecular flexibility index (Phi) is 7.50. The molecule has 1 aliphatic heterocycles. The minimum absolute atomic E-state index is 0.0470. The average Bonchev–Trinajstić information content (AvgIpc) is 3.48. The predicted molar refractivity (Wildman–Crippen MR) is 172 cm³/mol. The number of nitrogens with zero attached hydrogens (tertiary/aromatic N) is 6. The van der Waals surface area contributed by atoms with E-state index in [1.165, 1.54) is 21.3 Å². The van der Waals surface area contributed by atoms with Crippen LogP contribution >= 0.6 is 0 Å². The van der Waals surface area contributed by atoms with Gasteiger partial charge in [-0.25, -0.2) is 9.37 Å². The van der Waals surface area contributed by atoms with Crippen molar-refractivity contribution in [2.45, 2.75) is 66.0 Å². The molecule has 1 aromatic carbocycles. The highest BCUT2D eigenvalue weighted by molar-refractivity contribution is 5.96. The van der Waals surface area contributed by atoms with E-state index in [1.54, 1.807) is 23.4 Å². The van der Waals surface area contributed by atoms with Gasteiger partial charge in [0.2, 0.25) is 5.91 Å². The standard InChI is InChI=1S/C34H36FN7O3/c1-8-27(43)40-16-20(6)25(13-21(40)7)41-26-14-23(35)30(28-18(4)9-10-24-22(28)15-37-39-24)38-32(26)42(34(45)33(41)44)31-19(5)11-12-36-29(31)17(2)3/h8-12,14-15,17,20-21,25H,1,13,16H2,2-7H3,(H,37,39)/t20-,21-,25?/m1/s1. The number of carbonyl (C=O) groups is 1. The second-order valence-electron chi connectivity index (χ2n) is 12.4. The molecule has 10 nitrogen and oxygen atoms in total. The number of fused-ring (bicyclic) bond motifs is 2. The van der Waals surface area contributed by atoms with Crippen LogP contribution in [0.4, 0.5) is 4.39 Å². The van der Waals surface area contributed by atoms with Gasteiger partial charge in [0.1, 0.15) is 5.69 Å². The second-order valence-corrected chi connectivity index (χ2v) is 12.4. The number of pyridine rings is 2. The first kappa shape index (κ1) is 30.1. The molecule has 11 heteroatoms. The third-order valence-electron chi connectivity index (χ3n) is 9.05. The first-order valence-electron chi connectivity index (χ1n) is 15.1. The van der Waals surface area contributed by atoms with Crippen molar-refractivity contribution in [2.75, 3.05) is 6.54 Å². The summed E-state index contributed by atoms with van der Waals surface area (Å²) in [7, 11) is 0. The molecule has 1 fully saturated rings. The first-order chi connectivity index (χ1) is 21.4. The lowest BCUT2D eigenvalue weighted by Crippen LogP contribution is -2.52. The number of hydrogen-bond acceptors (Lipinski definition) is 6. The summed E-state index contributed by atoms with van der Waals surface area (Å²) >= 11 is 0.